The predicted molar refractivity (Wildman–Crippen MR) is 91.2 cm³/mol. The van der Waals surface area contributed by atoms with E-state index in [1.807, 2.05) is 30.3 Å². The van der Waals surface area contributed by atoms with Crippen molar-refractivity contribution in [2.75, 3.05) is 11.9 Å². The van der Waals surface area contributed by atoms with Crippen LogP contribution in [0.1, 0.15) is 31.7 Å². The molecule has 1 aromatic carbocycles. The fraction of sp³-hybridized carbons (Fsp3) is 0.375. The summed E-state index contributed by atoms with van der Waals surface area (Å²) < 4.78 is 0. The van der Waals surface area contributed by atoms with E-state index in [0.717, 1.165) is 52.4 Å². The lowest BCUT2D eigenvalue weighted by atomic mass is 10.2. The highest BCUT2D eigenvalue weighted by Gasteiger charge is 2.06. The smallest absolute Gasteiger partial charge is 0.131 e. The Morgan fingerprint density at radius 1 is 1.19 bits per heavy atom. The number of nitrogens with zero attached hydrogens (tertiary/aromatic N) is 2. The monoisotopic (exact) mass is 321 g/mol. The maximum absolute atomic E-state index is 6.19. The van der Waals surface area contributed by atoms with Crippen molar-refractivity contribution < 1.29 is 0 Å². The molecule has 2 aromatic rings. The molecule has 0 unspecified atom stereocenters. The highest BCUT2D eigenvalue weighted by molar-refractivity contribution is 7.98. The van der Waals surface area contributed by atoms with E-state index >= 15 is 0 Å². The summed E-state index contributed by atoms with van der Waals surface area (Å²) in [5.74, 6) is 2.59. The molecule has 0 bridgehead atoms. The van der Waals surface area contributed by atoms with Gasteiger partial charge in [-0.15, -0.1) is 11.8 Å². The Morgan fingerprint density at radius 3 is 2.71 bits per heavy atom. The van der Waals surface area contributed by atoms with E-state index in [-0.39, 0.29) is 0 Å². The van der Waals surface area contributed by atoms with Gasteiger partial charge >= 0.3 is 0 Å². The van der Waals surface area contributed by atoms with Crippen LogP contribution >= 0.6 is 23.4 Å². The highest BCUT2D eigenvalue weighted by atomic mass is 35.5. The van der Waals surface area contributed by atoms with E-state index in [2.05, 4.69) is 29.1 Å². The normalized spacial score (nSPS) is 10.6. The molecule has 1 N–H and O–H groups in total. The summed E-state index contributed by atoms with van der Waals surface area (Å²) in [5.41, 5.74) is 1.13. The average Bonchev–Trinajstić information content (AvgIpc) is 2.52. The molecule has 0 saturated carbocycles. The van der Waals surface area contributed by atoms with Gasteiger partial charge in [0, 0.05) is 29.8 Å². The van der Waals surface area contributed by atoms with Crippen LogP contribution in [0.2, 0.25) is 5.02 Å². The summed E-state index contributed by atoms with van der Waals surface area (Å²) in [4.78, 5) is 9.07. The minimum absolute atomic E-state index is 0.805. The third kappa shape index (κ3) is 4.90. The van der Waals surface area contributed by atoms with Crippen LogP contribution in [0.25, 0.3) is 0 Å². The highest BCUT2D eigenvalue weighted by Crippen LogP contribution is 2.26. The van der Waals surface area contributed by atoms with Crippen LogP contribution in [0.4, 0.5) is 5.82 Å². The summed E-state index contributed by atoms with van der Waals surface area (Å²) in [7, 11) is 0. The molecule has 0 spiro atoms. The molecule has 0 amide bonds. The zero-order valence-corrected chi connectivity index (χ0v) is 14.0. The second kappa shape index (κ2) is 8.25. The van der Waals surface area contributed by atoms with Crippen LogP contribution in [-0.2, 0) is 12.2 Å². The van der Waals surface area contributed by atoms with Crippen molar-refractivity contribution in [2.45, 2.75) is 37.5 Å². The van der Waals surface area contributed by atoms with Crippen molar-refractivity contribution in [3.63, 3.8) is 0 Å². The third-order valence-corrected chi connectivity index (χ3v) is 4.28. The van der Waals surface area contributed by atoms with E-state index in [9.17, 15) is 0 Å². The van der Waals surface area contributed by atoms with Gasteiger partial charge < -0.3 is 5.32 Å². The minimum atomic E-state index is 0.805. The van der Waals surface area contributed by atoms with E-state index in [1.165, 1.54) is 0 Å². The Balaban J connectivity index is 2.09. The molecule has 21 heavy (non-hydrogen) atoms. The number of nitrogens with one attached hydrogen (secondary N) is 1. The molecule has 5 heteroatoms. The summed E-state index contributed by atoms with van der Waals surface area (Å²) in [5, 5.41) is 5.12. The van der Waals surface area contributed by atoms with Crippen LogP contribution in [0.5, 0.6) is 0 Å². The van der Waals surface area contributed by atoms with Gasteiger partial charge in [0.05, 0.1) is 0 Å². The van der Waals surface area contributed by atoms with E-state index in [1.54, 1.807) is 11.8 Å². The first-order valence-electron chi connectivity index (χ1n) is 7.21. The molecule has 0 saturated heterocycles. The molecule has 0 aliphatic rings. The van der Waals surface area contributed by atoms with Gasteiger partial charge in [-0.25, -0.2) is 9.97 Å². The Bertz CT molecular complexity index is 589. The number of aryl methyl sites for hydroxylation is 1. The molecule has 0 aliphatic heterocycles. The van der Waals surface area contributed by atoms with Gasteiger partial charge in [-0.2, -0.15) is 0 Å². The topological polar surface area (TPSA) is 37.8 Å². The number of hydrogen-bond acceptors (Lipinski definition) is 4. The Hall–Kier alpha value is -1.26. The lowest BCUT2D eigenvalue weighted by Crippen LogP contribution is -2.05. The molecule has 0 atom stereocenters. The second-order valence-corrected chi connectivity index (χ2v) is 6.07. The molecule has 112 valence electrons. The molecule has 1 aromatic heterocycles. The zero-order chi connectivity index (χ0) is 15.1. The van der Waals surface area contributed by atoms with Crippen molar-refractivity contribution in [1.82, 2.24) is 9.97 Å². The molecular formula is C16H20ClN3S. The van der Waals surface area contributed by atoms with Gasteiger partial charge in [0.1, 0.15) is 16.7 Å². The van der Waals surface area contributed by atoms with Crippen LogP contribution < -0.4 is 5.32 Å². The minimum Gasteiger partial charge on any atom is -0.370 e. The summed E-state index contributed by atoms with van der Waals surface area (Å²) >= 11 is 7.88. The fourth-order valence-electron chi connectivity index (χ4n) is 1.82. The van der Waals surface area contributed by atoms with Crippen molar-refractivity contribution in [3.8, 4) is 0 Å². The first-order valence-corrected chi connectivity index (χ1v) is 8.57. The number of aromatic nitrogens is 2. The first kappa shape index (κ1) is 16.1. The lowest BCUT2D eigenvalue weighted by molar-refractivity contribution is 0.877. The van der Waals surface area contributed by atoms with E-state index in [0.29, 0.717) is 0 Å². The van der Waals surface area contributed by atoms with Gasteiger partial charge in [-0.05, 0) is 18.1 Å². The molecule has 3 nitrogen and oxygen atoms in total. The quantitative estimate of drug-likeness (QED) is 0.587. The summed E-state index contributed by atoms with van der Waals surface area (Å²) in [6.45, 7) is 5.14. The van der Waals surface area contributed by atoms with Crippen LogP contribution in [0.15, 0.2) is 35.4 Å². The zero-order valence-electron chi connectivity index (χ0n) is 12.4. The maximum atomic E-state index is 6.19. The number of thioether (sulfide) groups is 1. The molecule has 1 heterocycles. The van der Waals surface area contributed by atoms with E-state index < -0.39 is 0 Å². The van der Waals surface area contributed by atoms with Crippen molar-refractivity contribution in [1.29, 1.82) is 0 Å². The van der Waals surface area contributed by atoms with Gasteiger partial charge in [0.25, 0.3) is 0 Å². The van der Waals surface area contributed by atoms with Gasteiger partial charge in [0.15, 0.2) is 0 Å². The number of anilines is 1. The van der Waals surface area contributed by atoms with Gasteiger partial charge in [0.2, 0.25) is 0 Å². The average molecular weight is 322 g/mol. The lowest BCUT2D eigenvalue weighted by Gasteiger charge is -2.09. The first-order chi connectivity index (χ1) is 10.2. The van der Waals surface area contributed by atoms with Crippen LogP contribution in [-0.4, -0.2) is 16.5 Å². The standard InChI is InChI=1S/C16H20ClN3S/c1-3-9-18-15-10-16(20-14(4-2)19-15)21-11-12-7-5-6-8-13(12)17/h5-8,10H,3-4,9,11H2,1-2H3,(H,18,19,20). The summed E-state index contributed by atoms with van der Waals surface area (Å²) in [6.07, 6.45) is 1.91. The second-order valence-electron chi connectivity index (χ2n) is 4.67. The predicted octanol–water partition coefficient (Wildman–Crippen LogP) is 4.81. The largest absolute Gasteiger partial charge is 0.370 e. The SMILES string of the molecule is CCCNc1cc(SCc2ccccc2Cl)nc(CC)n1. The molecule has 0 fully saturated rings. The van der Waals surface area contributed by atoms with Crippen molar-refractivity contribution in [3.05, 3.63) is 46.7 Å². The fourth-order valence-corrected chi connectivity index (χ4v) is 3.02. The Kier molecular flexibility index (Phi) is 6.33. The van der Waals surface area contributed by atoms with Gasteiger partial charge in [-0.3, -0.25) is 0 Å². The van der Waals surface area contributed by atoms with Crippen molar-refractivity contribution in [2.24, 2.45) is 0 Å². The number of rotatable bonds is 7. The number of hydrogen-bond donors (Lipinski definition) is 1. The van der Waals surface area contributed by atoms with Crippen molar-refractivity contribution >= 4 is 29.2 Å². The maximum Gasteiger partial charge on any atom is 0.131 e. The van der Waals surface area contributed by atoms with Gasteiger partial charge in [-0.1, -0.05) is 43.6 Å². The molecule has 0 radical (unpaired) electrons. The van der Waals surface area contributed by atoms with Crippen LogP contribution in [0, 0.1) is 0 Å². The number of halogens is 1. The molecule has 0 aliphatic carbocycles. The molecular weight excluding hydrogens is 302 g/mol. The Morgan fingerprint density at radius 2 is 2.00 bits per heavy atom. The number of benzene rings is 1. The third-order valence-electron chi connectivity index (χ3n) is 2.95. The summed E-state index contributed by atoms with van der Waals surface area (Å²) in [6, 6.07) is 9.93. The molecule has 2 rings (SSSR count). The van der Waals surface area contributed by atoms with E-state index in [4.69, 9.17) is 11.6 Å². The van der Waals surface area contributed by atoms with Crippen LogP contribution in [0.3, 0.4) is 0 Å². The Labute approximate surface area is 135 Å².